The number of carbonyl (C=O) groups is 1. The highest BCUT2D eigenvalue weighted by molar-refractivity contribution is 5.68. The number of halogens is 2. The van der Waals surface area contributed by atoms with Gasteiger partial charge in [0.05, 0.1) is 0 Å². The average Bonchev–Trinajstić information content (AvgIpc) is 2.27. The normalized spacial score (nSPS) is 11.6. The number of alkyl carbamates (subject to hydrolysis) is 1. The predicted octanol–water partition coefficient (Wildman–Crippen LogP) is 3.50. The van der Waals surface area contributed by atoms with Crippen LogP contribution < -0.4 is 5.32 Å². The molecule has 0 saturated heterocycles. The summed E-state index contributed by atoms with van der Waals surface area (Å²) in [7, 11) is 0. The maximum Gasteiger partial charge on any atom is 0.407 e. The van der Waals surface area contributed by atoms with Crippen molar-refractivity contribution in [1.29, 1.82) is 0 Å². The molecule has 0 aliphatic carbocycles. The third-order valence-electron chi connectivity index (χ3n) is 2.02. The van der Waals surface area contributed by atoms with Gasteiger partial charge in [-0.2, -0.15) is 0 Å². The van der Waals surface area contributed by atoms with Crippen molar-refractivity contribution in [1.82, 2.24) is 5.32 Å². The number of hydrogen-bond donors (Lipinski definition) is 1. The van der Waals surface area contributed by atoms with Gasteiger partial charge in [0, 0.05) is 6.54 Å². The van der Waals surface area contributed by atoms with Gasteiger partial charge in [0.2, 0.25) is 0 Å². The average molecular weight is 269 g/mol. The second-order valence-electron chi connectivity index (χ2n) is 4.96. The highest BCUT2D eigenvalue weighted by Gasteiger charge is 2.14. The Balaban J connectivity index is 2.42. The van der Waals surface area contributed by atoms with Gasteiger partial charge in [0.15, 0.2) is 11.6 Å². The molecule has 0 spiro atoms. The van der Waals surface area contributed by atoms with Crippen LogP contribution in [0.25, 0.3) is 6.08 Å². The molecule has 0 aromatic heterocycles. The van der Waals surface area contributed by atoms with Crippen molar-refractivity contribution in [3.63, 3.8) is 0 Å². The van der Waals surface area contributed by atoms with Gasteiger partial charge in [-0.05, 0) is 38.5 Å². The molecule has 0 aliphatic rings. The van der Waals surface area contributed by atoms with Gasteiger partial charge >= 0.3 is 6.09 Å². The van der Waals surface area contributed by atoms with E-state index in [4.69, 9.17) is 4.74 Å². The van der Waals surface area contributed by atoms with E-state index in [1.165, 1.54) is 6.07 Å². The molecule has 0 bridgehead atoms. The molecular weight excluding hydrogens is 252 g/mol. The van der Waals surface area contributed by atoms with E-state index in [2.05, 4.69) is 5.32 Å². The number of ether oxygens (including phenoxy) is 1. The van der Waals surface area contributed by atoms with Crippen molar-refractivity contribution in [3.05, 3.63) is 41.5 Å². The summed E-state index contributed by atoms with van der Waals surface area (Å²) < 4.78 is 30.6. The van der Waals surface area contributed by atoms with Gasteiger partial charge < -0.3 is 10.1 Å². The second-order valence-corrected chi connectivity index (χ2v) is 4.96. The number of benzene rings is 1. The van der Waals surface area contributed by atoms with Gasteiger partial charge in [0.1, 0.15) is 5.60 Å². The summed E-state index contributed by atoms with van der Waals surface area (Å²) in [6.45, 7) is 5.55. The highest BCUT2D eigenvalue weighted by atomic mass is 19.2. The quantitative estimate of drug-likeness (QED) is 0.912. The lowest BCUT2D eigenvalue weighted by molar-refractivity contribution is 0.0534. The van der Waals surface area contributed by atoms with Gasteiger partial charge in [-0.1, -0.05) is 18.2 Å². The minimum absolute atomic E-state index is 0.244. The van der Waals surface area contributed by atoms with E-state index >= 15 is 0 Å². The van der Waals surface area contributed by atoms with Gasteiger partial charge in [-0.15, -0.1) is 0 Å². The van der Waals surface area contributed by atoms with E-state index < -0.39 is 23.3 Å². The first kappa shape index (κ1) is 15.1. The minimum atomic E-state index is -0.901. The Morgan fingerprint density at radius 2 is 2.00 bits per heavy atom. The molecular formula is C14H17F2NO2. The molecule has 5 heteroatoms. The van der Waals surface area contributed by atoms with E-state index in [0.717, 1.165) is 12.1 Å². The van der Waals surface area contributed by atoms with Crippen LogP contribution >= 0.6 is 0 Å². The molecule has 0 unspecified atom stereocenters. The second kappa shape index (κ2) is 6.31. The first-order valence-electron chi connectivity index (χ1n) is 5.86. The van der Waals surface area contributed by atoms with Crippen LogP contribution in [0.5, 0.6) is 0 Å². The van der Waals surface area contributed by atoms with Crippen LogP contribution in [0.4, 0.5) is 13.6 Å². The first-order valence-corrected chi connectivity index (χ1v) is 5.86. The molecule has 0 radical (unpaired) electrons. The van der Waals surface area contributed by atoms with Crippen LogP contribution in [0, 0.1) is 11.6 Å². The molecule has 0 aliphatic heterocycles. The Morgan fingerprint density at radius 3 is 2.58 bits per heavy atom. The third-order valence-corrected chi connectivity index (χ3v) is 2.02. The zero-order valence-electron chi connectivity index (χ0n) is 11.2. The summed E-state index contributed by atoms with van der Waals surface area (Å²) in [5.74, 6) is -1.79. The number of rotatable bonds is 3. The Bertz CT molecular complexity index is 479. The largest absolute Gasteiger partial charge is 0.444 e. The molecule has 0 saturated carbocycles. The molecule has 1 amide bonds. The van der Waals surface area contributed by atoms with Crippen LogP contribution in [-0.4, -0.2) is 18.2 Å². The fourth-order valence-electron chi connectivity index (χ4n) is 1.27. The molecule has 1 aromatic carbocycles. The molecule has 1 rings (SSSR count). The summed E-state index contributed by atoms with van der Waals surface area (Å²) in [5, 5.41) is 2.52. The summed E-state index contributed by atoms with van der Waals surface area (Å²) in [4.78, 5) is 11.3. The van der Waals surface area contributed by atoms with Crippen molar-refractivity contribution in [2.24, 2.45) is 0 Å². The van der Waals surface area contributed by atoms with Crippen LogP contribution in [0.2, 0.25) is 0 Å². The van der Waals surface area contributed by atoms with Crippen molar-refractivity contribution in [2.75, 3.05) is 6.54 Å². The standard InChI is InChI=1S/C14H17F2NO2/c1-14(2,3)19-13(18)17-8-4-5-10-6-7-11(15)12(16)9-10/h4-7,9H,8H2,1-3H3,(H,17,18). The van der Waals surface area contributed by atoms with Crippen LogP contribution in [0.15, 0.2) is 24.3 Å². The number of carbonyl (C=O) groups excluding carboxylic acids is 1. The molecule has 104 valence electrons. The van der Waals surface area contributed by atoms with Gasteiger partial charge in [-0.25, -0.2) is 13.6 Å². The van der Waals surface area contributed by atoms with Gasteiger partial charge in [0.25, 0.3) is 0 Å². The van der Waals surface area contributed by atoms with Crippen LogP contribution in [0.3, 0.4) is 0 Å². The fraction of sp³-hybridized carbons (Fsp3) is 0.357. The van der Waals surface area contributed by atoms with Crippen LogP contribution in [0.1, 0.15) is 26.3 Å². The van der Waals surface area contributed by atoms with Crippen molar-refractivity contribution < 1.29 is 18.3 Å². The topological polar surface area (TPSA) is 38.3 Å². The van der Waals surface area contributed by atoms with Crippen molar-refractivity contribution >= 4 is 12.2 Å². The molecule has 1 aromatic rings. The third kappa shape index (κ3) is 5.99. The lowest BCUT2D eigenvalue weighted by Crippen LogP contribution is -2.32. The fourth-order valence-corrected chi connectivity index (χ4v) is 1.27. The lowest BCUT2D eigenvalue weighted by atomic mass is 10.2. The monoisotopic (exact) mass is 269 g/mol. The highest BCUT2D eigenvalue weighted by Crippen LogP contribution is 2.10. The van der Waals surface area contributed by atoms with E-state index in [9.17, 15) is 13.6 Å². The molecule has 0 fully saturated rings. The van der Waals surface area contributed by atoms with Crippen LogP contribution in [-0.2, 0) is 4.74 Å². The van der Waals surface area contributed by atoms with Crippen molar-refractivity contribution in [3.8, 4) is 0 Å². The Kier molecular flexibility index (Phi) is 5.03. The van der Waals surface area contributed by atoms with E-state index in [-0.39, 0.29) is 6.54 Å². The molecule has 0 atom stereocenters. The molecule has 0 heterocycles. The lowest BCUT2D eigenvalue weighted by Gasteiger charge is -2.19. The minimum Gasteiger partial charge on any atom is -0.444 e. The zero-order chi connectivity index (χ0) is 14.5. The van der Waals surface area contributed by atoms with E-state index in [1.54, 1.807) is 32.9 Å². The maximum atomic E-state index is 12.9. The summed E-state index contributed by atoms with van der Waals surface area (Å²) in [6.07, 6.45) is 2.68. The molecule has 19 heavy (non-hydrogen) atoms. The maximum absolute atomic E-state index is 12.9. The summed E-state index contributed by atoms with van der Waals surface area (Å²) >= 11 is 0. The van der Waals surface area contributed by atoms with Gasteiger partial charge in [-0.3, -0.25) is 0 Å². The molecule has 3 nitrogen and oxygen atoms in total. The van der Waals surface area contributed by atoms with E-state index in [1.807, 2.05) is 0 Å². The SMILES string of the molecule is CC(C)(C)OC(=O)NCC=Cc1ccc(F)c(F)c1. The molecule has 1 N–H and O–H groups in total. The number of nitrogens with one attached hydrogen (secondary N) is 1. The predicted molar refractivity (Wildman–Crippen MR) is 69.6 cm³/mol. The zero-order valence-corrected chi connectivity index (χ0v) is 11.2. The summed E-state index contributed by atoms with van der Waals surface area (Å²) in [6, 6.07) is 3.58. The Morgan fingerprint density at radius 1 is 1.32 bits per heavy atom. The van der Waals surface area contributed by atoms with E-state index in [0.29, 0.717) is 5.56 Å². The first-order chi connectivity index (χ1) is 8.78. The van der Waals surface area contributed by atoms with Crippen molar-refractivity contribution in [2.45, 2.75) is 26.4 Å². The number of hydrogen-bond acceptors (Lipinski definition) is 2. The Labute approximate surface area is 111 Å². The Hall–Kier alpha value is -1.91. The smallest absolute Gasteiger partial charge is 0.407 e. The summed E-state index contributed by atoms with van der Waals surface area (Å²) in [5.41, 5.74) is -0.0293. The number of amides is 1.